The number of amides is 2. The first-order valence-electron chi connectivity index (χ1n) is 11.4. The highest BCUT2D eigenvalue weighted by Gasteiger charge is 2.38. The Labute approximate surface area is 188 Å². The molecule has 4 heterocycles. The van der Waals surface area contributed by atoms with Gasteiger partial charge in [0, 0.05) is 19.1 Å². The summed E-state index contributed by atoms with van der Waals surface area (Å²) in [6, 6.07) is 12.2. The molecule has 2 atom stereocenters. The Balaban J connectivity index is 1.43. The van der Waals surface area contributed by atoms with Crippen LogP contribution in [0.15, 0.2) is 42.5 Å². The molecule has 0 radical (unpaired) electrons. The van der Waals surface area contributed by atoms with Crippen LogP contribution in [-0.2, 0) is 6.42 Å². The van der Waals surface area contributed by atoms with Crippen molar-refractivity contribution >= 4 is 6.03 Å². The topological polar surface area (TPSA) is 44.8 Å². The molecule has 2 aromatic carbocycles. The first-order valence-corrected chi connectivity index (χ1v) is 11.4. The molecular weight excluding hydrogens is 405 g/mol. The van der Waals surface area contributed by atoms with Crippen LogP contribution in [-0.4, -0.2) is 54.7 Å². The van der Waals surface area contributed by atoms with E-state index in [0.29, 0.717) is 12.5 Å². The van der Waals surface area contributed by atoms with Gasteiger partial charge in [0.1, 0.15) is 18.2 Å². The summed E-state index contributed by atoms with van der Waals surface area (Å²) < 4.78 is 19.2. The van der Waals surface area contributed by atoms with Crippen molar-refractivity contribution in [2.75, 3.05) is 32.8 Å². The maximum Gasteiger partial charge on any atom is 0.318 e. The highest BCUT2D eigenvalue weighted by molar-refractivity contribution is 5.76. The summed E-state index contributed by atoms with van der Waals surface area (Å²) in [4.78, 5) is 17.8. The van der Waals surface area contributed by atoms with Crippen LogP contribution >= 0.6 is 0 Å². The molecule has 6 rings (SSSR count). The summed E-state index contributed by atoms with van der Waals surface area (Å²) in [7, 11) is 0. The van der Waals surface area contributed by atoms with Crippen LogP contribution < -0.4 is 10.1 Å². The van der Waals surface area contributed by atoms with Crippen LogP contribution in [0.25, 0.3) is 0 Å². The van der Waals surface area contributed by atoms with Gasteiger partial charge in [-0.05, 0) is 79.2 Å². The number of piperidine rings is 3. The fourth-order valence-electron chi connectivity index (χ4n) is 5.41. The van der Waals surface area contributed by atoms with Gasteiger partial charge in [0.05, 0.1) is 6.04 Å². The molecule has 0 spiro atoms. The monoisotopic (exact) mass is 433 g/mol. The van der Waals surface area contributed by atoms with Gasteiger partial charge in [-0.15, -0.1) is 6.42 Å². The zero-order valence-electron chi connectivity index (χ0n) is 18.1. The molecule has 0 aliphatic carbocycles. The van der Waals surface area contributed by atoms with Crippen molar-refractivity contribution in [3.05, 3.63) is 65.0 Å². The van der Waals surface area contributed by atoms with Crippen LogP contribution in [0.2, 0.25) is 0 Å². The molecule has 3 fully saturated rings. The van der Waals surface area contributed by atoms with Crippen molar-refractivity contribution < 1.29 is 13.9 Å². The van der Waals surface area contributed by atoms with Gasteiger partial charge in [0.25, 0.3) is 0 Å². The van der Waals surface area contributed by atoms with E-state index in [-0.39, 0.29) is 30.5 Å². The number of hydrogen-bond donors (Lipinski definition) is 1. The summed E-state index contributed by atoms with van der Waals surface area (Å²) in [6.45, 7) is 4.00. The third-order valence-electron chi connectivity index (χ3n) is 7.08. The Kier molecular flexibility index (Phi) is 5.75. The minimum atomic E-state index is -0.286. The van der Waals surface area contributed by atoms with Gasteiger partial charge in [-0.3, -0.25) is 0 Å². The number of halogens is 1. The highest BCUT2D eigenvalue weighted by atomic mass is 19.1. The van der Waals surface area contributed by atoms with Gasteiger partial charge in [-0.25, -0.2) is 9.18 Å². The molecule has 4 aliphatic rings. The molecule has 4 aliphatic heterocycles. The molecule has 6 heteroatoms. The quantitative estimate of drug-likeness (QED) is 0.750. The zero-order chi connectivity index (χ0) is 22.1. The smallest absolute Gasteiger partial charge is 0.318 e. The lowest BCUT2D eigenvalue weighted by Crippen LogP contribution is -2.59. The SMILES string of the molecule is C#CCOc1ccc2c(c1)CCN(C(=O)N[C@@H]1CN3CCC1CC3)[C@@H]2c1ccc(F)cc1. The van der Waals surface area contributed by atoms with Crippen molar-refractivity contribution in [1.29, 1.82) is 0 Å². The number of nitrogens with one attached hydrogen (secondary N) is 1. The Morgan fingerprint density at radius 2 is 1.94 bits per heavy atom. The zero-order valence-corrected chi connectivity index (χ0v) is 18.1. The van der Waals surface area contributed by atoms with Gasteiger partial charge in [0.15, 0.2) is 0 Å². The summed E-state index contributed by atoms with van der Waals surface area (Å²) in [5.74, 6) is 3.48. The first kappa shape index (κ1) is 20.8. The van der Waals surface area contributed by atoms with E-state index < -0.39 is 0 Å². The number of ether oxygens (including phenoxy) is 1. The third-order valence-corrected chi connectivity index (χ3v) is 7.08. The van der Waals surface area contributed by atoms with Crippen LogP contribution in [0.3, 0.4) is 0 Å². The van der Waals surface area contributed by atoms with Gasteiger partial charge in [-0.1, -0.05) is 24.1 Å². The summed E-state index contributed by atoms with van der Waals surface area (Å²) in [6.07, 6.45) is 8.34. The molecule has 32 heavy (non-hydrogen) atoms. The van der Waals surface area contributed by atoms with Gasteiger partial charge >= 0.3 is 6.03 Å². The second-order valence-corrected chi connectivity index (χ2v) is 8.94. The Bertz CT molecular complexity index is 1020. The van der Waals surface area contributed by atoms with E-state index in [0.717, 1.165) is 61.3 Å². The number of fused-ring (bicyclic) bond motifs is 4. The average Bonchev–Trinajstić information content (AvgIpc) is 2.83. The lowest BCUT2D eigenvalue weighted by atomic mass is 9.84. The standard InChI is InChI=1S/C26H28FN3O2/c1-2-15-32-22-7-8-23-20(16-22)11-14-30(25(23)19-3-5-21(27)6-4-19)26(31)28-24-17-29-12-9-18(24)10-13-29/h1,3-8,16,18,24-25H,9-15,17H2,(H,28,31)/t24-,25-/m1/s1. The summed E-state index contributed by atoms with van der Waals surface area (Å²) in [5.41, 5.74) is 3.06. The second-order valence-electron chi connectivity index (χ2n) is 8.94. The molecule has 166 valence electrons. The van der Waals surface area contributed by atoms with Crippen molar-refractivity contribution in [3.8, 4) is 18.1 Å². The van der Waals surface area contributed by atoms with E-state index in [2.05, 4.69) is 16.1 Å². The number of benzene rings is 2. The summed E-state index contributed by atoms with van der Waals surface area (Å²) in [5, 5.41) is 3.33. The number of nitrogens with zero attached hydrogens (tertiary/aromatic N) is 2. The lowest BCUT2D eigenvalue weighted by molar-refractivity contribution is 0.0715. The molecule has 5 nitrogen and oxygen atoms in total. The minimum Gasteiger partial charge on any atom is -0.481 e. The predicted octanol–water partition coefficient (Wildman–Crippen LogP) is 3.59. The Morgan fingerprint density at radius 3 is 2.62 bits per heavy atom. The number of carbonyl (C=O) groups is 1. The van der Waals surface area contributed by atoms with Gasteiger partial charge in [0.2, 0.25) is 0 Å². The minimum absolute atomic E-state index is 0.0450. The van der Waals surface area contributed by atoms with E-state index >= 15 is 0 Å². The van der Waals surface area contributed by atoms with Gasteiger partial charge in [-0.2, -0.15) is 0 Å². The van der Waals surface area contributed by atoms with E-state index in [4.69, 9.17) is 11.2 Å². The van der Waals surface area contributed by atoms with Crippen LogP contribution in [0.4, 0.5) is 9.18 Å². The molecule has 0 unspecified atom stereocenters. The molecule has 2 amide bonds. The number of hydrogen-bond acceptors (Lipinski definition) is 3. The molecule has 2 aromatic rings. The average molecular weight is 434 g/mol. The van der Waals surface area contributed by atoms with Crippen molar-refractivity contribution in [2.24, 2.45) is 5.92 Å². The number of terminal acetylenes is 1. The maximum absolute atomic E-state index is 13.6. The third kappa shape index (κ3) is 4.05. The van der Waals surface area contributed by atoms with Gasteiger partial charge < -0.3 is 19.9 Å². The second kappa shape index (κ2) is 8.84. The van der Waals surface area contributed by atoms with Crippen LogP contribution in [0.1, 0.15) is 35.6 Å². The van der Waals surface area contributed by atoms with E-state index in [1.165, 1.54) is 12.1 Å². The molecule has 3 saturated heterocycles. The predicted molar refractivity (Wildman–Crippen MR) is 121 cm³/mol. The van der Waals surface area contributed by atoms with E-state index in [1.807, 2.05) is 23.1 Å². The first-order chi connectivity index (χ1) is 15.6. The normalized spacial score (nSPS) is 26.2. The Morgan fingerprint density at radius 1 is 1.16 bits per heavy atom. The maximum atomic E-state index is 13.6. The van der Waals surface area contributed by atoms with Crippen molar-refractivity contribution in [3.63, 3.8) is 0 Å². The molecule has 0 aromatic heterocycles. The fourth-order valence-corrected chi connectivity index (χ4v) is 5.41. The van der Waals surface area contributed by atoms with Crippen molar-refractivity contribution in [1.82, 2.24) is 15.1 Å². The number of rotatable bonds is 4. The largest absolute Gasteiger partial charge is 0.481 e. The molecule has 1 N–H and O–H groups in total. The van der Waals surface area contributed by atoms with Crippen LogP contribution in [0, 0.1) is 24.1 Å². The van der Waals surface area contributed by atoms with E-state index in [9.17, 15) is 9.18 Å². The highest BCUT2D eigenvalue weighted by Crippen LogP contribution is 2.37. The van der Waals surface area contributed by atoms with E-state index in [1.54, 1.807) is 12.1 Å². The Hall–Kier alpha value is -3.04. The summed E-state index contributed by atoms with van der Waals surface area (Å²) >= 11 is 0. The number of carbonyl (C=O) groups excluding carboxylic acids is 1. The molecular formula is C26H28FN3O2. The molecule has 2 bridgehead atoms. The molecule has 0 saturated carbocycles. The van der Waals surface area contributed by atoms with Crippen molar-refractivity contribution in [2.45, 2.75) is 31.3 Å². The van der Waals surface area contributed by atoms with Crippen LogP contribution in [0.5, 0.6) is 5.75 Å². The fraction of sp³-hybridized carbons (Fsp3) is 0.423. The number of urea groups is 1. The lowest BCUT2D eigenvalue weighted by Gasteiger charge is -2.46.